The lowest BCUT2D eigenvalue weighted by Gasteiger charge is -2.21. The normalized spacial score (nSPS) is 26.6. The Morgan fingerprint density at radius 2 is 2.16 bits per heavy atom. The maximum Gasteiger partial charge on any atom is 0.122 e. The monoisotopic (exact) mass is 259 g/mol. The number of nitrogens with one attached hydrogen (secondary N) is 1. The van der Waals surface area contributed by atoms with E-state index in [4.69, 9.17) is 4.74 Å². The molecule has 1 saturated carbocycles. The molecule has 2 heteroatoms. The van der Waals surface area contributed by atoms with Crippen LogP contribution in [0.3, 0.4) is 0 Å². The first kappa shape index (κ1) is 13.0. The maximum atomic E-state index is 5.61. The van der Waals surface area contributed by atoms with E-state index in [0.29, 0.717) is 6.04 Å². The summed E-state index contributed by atoms with van der Waals surface area (Å²) < 4.78 is 5.61. The van der Waals surface area contributed by atoms with Crippen LogP contribution in [0.25, 0.3) is 0 Å². The topological polar surface area (TPSA) is 21.3 Å². The van der Waals surface area contributed by atoms with E-state index in [-0.39, 0.29) is 0 Å². The first-order valence-corrected chi connectivity index (χ1v) is 7.86. The van der Waals surface area contributed by atoms with Gasteiger partial charge in [0.25, 0.3) is 0 Å². The zero-order chi connectivity index (χ0) is 13.1. The van der Waals surface area contributed by atoms with Gasteiger partial charge in [-0.05, 0) is 48.9 Å². The third kappa shape index (κ3) is 2.94. The van der Waals surface area contributed by atoms with Gasteiger partial charge in [0.15, 0.2) is 0 Å². The average Bonchev–Trinajstić information content (AvgIpc) is 2.77. The van der Waals surface area contributed by atoms with Gasteiger partial charge < -0.3 is 10.1 Å². The molecule has 0 spiro atoms. The molecule has 0 bridgehead atoms. The molecule has 2 aliphatic rings. The molecule has 2 unspecified atom stereocenters. The minimum absolute atomic E-state index is 0.710. The van der Waals surface area contributed by atoms with Crippen molar-refractivity contribution >= 4 is 0 Å². The molecule has 0 amide bonds. The molecule has 1 N–H and O–H groups in total. The van der Waals surface area contributed by atoms with Crippen molar-refractivity contribution in [2.24, 2.45) is 0 Å². The molecule has 1 aliphatic carbocycles. The highest BCUT2D eigenvalue weighted by Crippen LogP contribution is 2.35. The van der Waals surface area contributed by atoms with Crippen molar-refractivity contribution in [2.45, 2.75) is 57.4 Å². The van der Waals surface area contributed by atoms with Gasteiger partial charge in [-0.1, -0.05) is 31.9 Å². The molecular formula is C17H25NO. The van der Waals surface area contributed by atoms with Crippen LogP contribution in [0.1, 0.15) is 56.1 Å². The molecular weight excluding hydrogens is 234 g/mol. The van der Waals surface area contributed by atoms with Gasteiger partial charge in [0, 0.05) is 12.5 Å². The zero-order valence-corrected chi connectivity index (χ0v) is 12.0. The molecule has 1 aliphatic heterocycles. The summed E-state index contributed by atoms with van der Waals surface area (Å²) in [5.41, 5.74) is 2.95. The summed E-state index contributed by atoms with van der Waals surface area (Å²) in [5, 5.41) is 3.65. The Kier molecular flexibility index (Phi) is 4.07. The Balaban J connectivity index is 1.76. The maximum absolute atomic E-state index is 5.61. The molecule has 1 fully saturated rings. The van der Waals surface area contributed by atoms with Crippen molar-refractivity contribution in [3.05, 3.63) is 29.3 Å². The number of ether oxygens (including phenoxy) is 1. The molecule has 1 heterocycles. The smallest absolute Gasteiger partial charge is 0.122 e. The lowest BCUT2D eigenvalue weighted by molar-refractivity contribution is 0.356. The van der Waals surface area contributed by atoms with Gasteiger partial charge in [0.2, 0.25) is 0 Å². The first-order valence-electron chi connectivity index (χ1n) is 7.86. The lowest BCUT2D eigenvalue weighted by Crippen LogP contribution is -2.29. The van der Waals surface area contributed by atoms with Crippen LogP contribution in [-0.4, -0.2) is 19.2 Å². The summed E-state index contributed by atoms with van der Waals surface area (Å²) in [6.45, 7) is 4.17. The Labute approximate surface area is 116 Å². The van der Waals surface area contributed by atoms with Crippen molar-refractivity contribution in [3.63, 3.8) is 0 Å². The summed E-state index contributed by atoms with van der Waals surface area (Å²) >= 11 is 0. The van der Waals surface area contributed by atoms with E-state index in [1.165, 1.54) is 43.2 Å². The average molecular weight is 259 g/mol. The van der Waals surface area contributed by atoms with Crippen LogP contribution < -0.4 is 10.1 Å². The highest BCUT2D eigenvalue weighted by Gasteiger charge is 2.22. The third-order valence-electron chi connectivity index (χ3n) is 4.60. The lowest BCUT2D eigenvalue weighted by atomic mass is 9.89. The van der Waals surface area contributed by atoms with Gasteiger partial charge in [-0.2, -0.15) is 0 Å². The summed E-state index contributed by atoms with van der Waals surface area (Å²) in [6.07, 6.45) is 7.84. The van der Waals surface area contributed by atoms with E-state index in [0.717, 1.165) is 31.2 Å². The van der Waals surface area contributed by atoms with E-state index in [1.807, 2.05) is 0 Å². The van der Waals surface area contributed by atoms with Gasteiger partial charge in [-0.25, -0.2) is 0 Å². The van der Waals surface area contributed by atoms with Gasteiger partial charge in [0.05, 0.1) is 6.61 Å². The van der Waals surface area contributed by atoms with E-state index in [2.05, 4.69) is 30.4 Å². The highest BCUT2D eigenvalue weighted by atomic mass is 16.5. The van der Waals surface area contributed by atoms with Gasteiger partial charge in [0.1, 0.15) is 5.75 Å². The molecule has 19 heavy (non-hydrogen) atoms. The van der Waals surface area contributed by atoms with Crippen LogP contribution in [0, 0.1) is 0 Å². The minimum atomic E-state index is 0.710. The predicted molar refractivity (Wildman–Crippen MR) is 78.9 cm³/mol. The standard InChI is InChI=1S/C17H25NO/c1-2-18-16-6-4-3-5-13(12-16)14-7-8-17-15(11-14)9-10-19-17/h7-8,11,13,16,18H,2-6,9-10,12H2,1H3. The Morgan fingerprint density at radius 1 is 1.26 bits per heavy atom. The molecule has 3 rings (SSSR count). The Morgan fingerprint density at radius 3 is 3.05 bits per heavy atom. The van der Waals surface area contributed by atoms with Crippen LogP contribution in [0.15, 0.2) is 18.2 Å². The highest BCUT2D eigenvalue weighted by molar-refractivity contribution is 5.41. The number of benzene rings is 1. The molecule has 2 atom stereocenters. The summed E-state index contributed by atoms with van der Waals surface area (Å²) in [7, 11) is 0. The predicted octanol–water partition coefficient (Wildman–Crippen LogP) is 3.65. The number of rotatable bonds is 3. The second-order valence-corrected chi connectivity index (χ2v) is 5.94. The van der Waals surface area contributed by atoms with Gasteiger partial charge in [-0.3, -0.25) is 0 Å². The summed E-state index contributed by atoms with van der Waals surface area (Å²) in [6, 6.07) is 7.59. The van der Waals surface area contributed by atoms with E-state index < -0.39 is 0 Å². The van der Waals surface area contributed by atoms with Gasteiger partial charge in [-0.15, -0.1) is 0 Å². The van der Waals surface area contributed by atoms with E-state index in [9.17, 15) is 0 Å². The second kappa shape index (κ2) is 5.96. The fourth-order valence-corrected chi connectivity index (χ4v) is 3.60. The third-order valence-corrected chi connectivity index (χ3v) is 4.60. The SMILES string of the molecule is CCNC1CCCCC(c2ccc3c(c2)CCO3)C1. The van der Waals surface area contributed by atoms with Crippen LogP contribution in [0.5, 0.6) is 5.75 Å². The molecule has 1 aromatic rings. The number of hydrogen-bond acceptors (Lipinski definition) is 2. The van der Waals surface area contributed by atoms with Crippen molar-refractivity contribution in [1.29, 1.82) is 0 Å². The van der Waals surface area contributed by atoms with Crippen LogP contribution in [0.2, 0.25) is 0 Å². The second-order valence-electron chi connectivity index (χ2n) is 5.94. The summed E-state index contributed by atoms with van der Waals surface area (Å²) in [4.78, 5) is 0. The molecule has 0 aromatic heterocycles. The van der Waals surface area contributed by atoms with Crippen LogP contribution in [0.4, 0.5) is 0 Å². The van der Waals surface area contributed by atoms with E-state index in [1.54, 1.807) is 0 Å². The molecule has 104 valence electrons. The van der Waals surface area contributed by atoms with E-state index >= 15 is 0 Å². The van der Waals surface area contributed by atoms with Gasteiger partial charge >= 0.3 is 0 Å². The largest absolute Gasteiger partial charge is 0.493 e. The fraction of sp³-hybridized carbons (Fsp3) is 0.647. The quantitative estimate of drug-likeness (QED) is 0.837. The number of fused-ring (bicyclic) bond motifs is 1. The van der Waals surface area contributed by atoms with Crippen LogP contribution >= 0.6 is 0 Å². The minimum Gasteiger partial charge on any atom is -0.493 e. The molecule has 1 aromatic carbocycles. The zero-order valence-electron chi connectivity index (χ0n) is 12.0. The fourth-order valence-electron chi connectivity index (χ4n) is 3.60. The first-order chi connectivity index (χ1) is 9.36. The number of hydrogen-bond donors (Lipinski definition) is 1. The van der Waals surface area contributed by atoms with Crippen molar-refractivity contribution < 1.29 is 4.74 Å². The van der Waals surface area contributed by atoms with Crippen molar-refractivity contribution in [2.75, 3.05) is 13.2 Å². The van der Waals surface area contributed by atoms with Crippen molar-refractivity contribution in [1.82, 2.24) is 5.32 Å². The Hall–Kier alpha value is -1.02. The van der Waals surface area contributed by atoms with Crippen LogP contribution in [-0.2, 0) is 6.42 Å². The Bertz CT molecular complexity index is 429. The summed E-state index contributed by atoms with van der Waals surface area (Å²) in [5.74, 6) is 1.85. The molecule has 0 radical (unpaired) electrons. The molecule has 0 saturated heterocycles. The van der Waals surface area contributed by atoms with Crippen molar-refractivity contribution in [3.8, 4) is 5.75 Å². The molecule has 2 nitrogen and oxygen atoms in total.